The Hall–Kier alpha value is -2.51. The molecule has 0 aliphatic rings. The Balaban J connectivity index is 1.91. The minimum atomic E-state index is -0.432. The summed E-state index contributed by atoms with van der Waals surface area (Å²) in [6.45, 7) is 1.72. The fourth-order valence-electron chi connectivity index (χ4n) is 1.31. The van der Waals surface area contributed by atoms with Gasteiger partial charge in [-0.2, -0.15) is 5.21 Å². The topological polar surface area (TPSA) is 95.6 Å². The molecule has 2 rings (SSSR count). The van der Waals surface area contributed by atoms with Crippen LogP contribution in [0.3, 0.4) is 0 Å². The maximum absolute atomic E-state index is 12.7. The zero-order chi connectivity index (χ0) is 13.0. The number of hydrogen-bond donors (Lipinski definition) is 3. The van der Waals surface area contributed by atoms with Gasteiger partial charge in [0.25, 0.3) is 0 Å². The summed E-state index contributed by atoms with van der Waals surface area (Å²) in [6.07, 6.45) is 0. The molecule has 0 radical (unpaired) electrons. The molecule has 0 bridgehead atoms. The normalized spacial score (nSPS) is 11.9. The Kier molecular flexibility index (Phi) is 3.46. The van der Waals surface area contributed by atoms with E-state index < -0.39 is 6.03 Å². The fourth-order valence-corrected chi connectivity index (χ4v) is 1.31. The van der Waals surface area contributed by atoms with E-state index in [-0.39, 0.29) is 11.9 Å². The van der Waals surface area contributed by atoms with Gasteiger partial charge in [-0.1, -0.05) is 5.21 Å². The van der Waals surface area contributed by atoms with Gasteiger partial charge >= 0.3 is 6.03 Å². The number of nitrogens with one attached hydrogen (secondary N) is 3. The van der Waals surface area contributed by atoms with Gasteiger partial charge < -0.3 is 10.6 Å². The van der Waals surface area contributed by atoms with E-state index in [1.165, 1.54) is 24.3 Å². The Morgan fingerprint density at radius 3 is 2.72 bits per heavy atom. The predicted octanol–water partition coefficient (Wildman–Crippen LogP) is 1.22. The molecule has 1 aromatic heterocycles. The SMILES string of the molecule is CC(NC(=O)Nc1ccc(F)cc1)c1nn[nH]n1. The molecule has 0 aliphatic heterocycles. The summed E-state index contributed by atoms with van der Waals surface area (Å²) in [6, 6.07) is 4.64. The summed E-state index contributed by atoms with van der Waals surface area (Å²) in [4.78, 5) is 11.6. The van der Waals surface area contributed by atoms with E-state index in [4.69, 9.17) is 0 Å². The van der Waals surface area contributed by atoms with Crippen molar-refractivity contribution < 1.29 is 9.18 Å². The molecule has 2 amide bonds. The van der Waals surface area contributed by atoms with Crippen molar-refractivity contribution >= 4 is 11.7 Å². The van der Waals surface area contributed by atoms with Crippen LogP contribution in [0.1, 0.15) is 18.8 Å². The molecule has 0 spiro atoms. The Morgan fingerprint density at radius 1 is 1.39 bits per heavy atom. The number of amides is 2. The van der Waals surface area contributed by atoms with Gasteiger partial charge in [-0.25, -0.2) is 9.18 Å². The molecule has 18 heavy (non-hydrogen) atoms. The van der Waals surface area contributed by atoms with Crippen LogP contribution in [0.5, 0.6) is 0 Å². The van der Waals surface area contributed by atoms with Crippen LogP contribution in [0.25, 0.3) is 0 Å². The number of anilines is 1. The number of carbonyl (C=O) groups is 1. The van der Waals surface area contributed by atoms with Crippen LogP contribution in [0, 0.1) is 5.82 Å². The second-order valence-corrected chi connectivity index (χ2v) is 3.60. The molecular weight excluding hydrogens is 239 g/mol. The van der Waals surface area contributed by atoms with Crippen molar-refractivity contribution in [2.75, 3.05) is 5.32 Å². The molecule has 0 fully saturated rings. The average Bonchev–Trinajstić information content (AvgIpc) is 2.85. The Labute approximate surface area is 102 Å². The van der Waals surface area contributed by atoms with E-state index in [1.807, 2.05) is 0 Å². The van der Waals surface area contributed by atoms with E-state index in [2.05, 4.69) is 31.3 Å². The van der Waals surface area contributed by atoms with Gasteiger partial charge in [0.1, 0.15) is 5.82 Å². The molecule has 2 aromatic rings. The number of rotatable bonds is 3. The number of urea groups is 1. The summed E-state index contributed by atoms with van der Waals surface area (Å²) >= 11 is 0. The number of H-pyrrole nitrogens is 1. The number of nitrogens with zero attached hydrogens (tertiary/aromatic N) is 3. The van der Waals surface area contributed by atoms with Crippen molar-refractivity contribution in [1.82, 2.24) is 25.9 Å². The highest BCUT2D eigenvalue weighted by Gasteiger charge is 2.13. The summed E-state index contributed by atoms with van der Waals surface area (Å²) in [5.41, 5.74) is 0.495. The maximum atomic E-state index is 12.7. The van der Waals surface area contributed by atoms with Crippen LogP contribution in [0.4, 0.5) is 14.9 Å². The highest BCUT2D eigenvalue weighted by Crippen LogP contribution is 2.09. The number of halogens is 1. The lowest BCUT2D eigenvalue weighted by molar-refractivity contribution is 0.249. The molecule has 7 nitrogen and oxygen atoms in total. The number of aromatic nitrogens is 4. The standard InChI is InChI=1S/C10H11FN6O/c1-6(9-14-16-17-15-9)12-10(18)13-8-4-2-7(11)3-5-8/h2-6H,1H3,(H2,12,13,18)(H,14,15,16,17). The van der Waals surface area contributed by atoms with Gasteiger partial charge in [0.15, 0.2) is 5.82 Å². The molecule has 1 heterocycles. The summed E-state index contributed by atoms with van der Waals surface area (Å²) in [7, 11) is 0. The summed E-state index contributed by atoms with van der Waals surface area (Å²) < 4.78 is 12.7. The number of carbonyl (C=O) groups excluding carboxylic acids is 1. The van der Waals surface area contributed by atoms with Gasteiger partial charge in [0, 0.05) is 5.69 Å². The van der Waals surface area contributed by atoms with Gasteiger partial charge in [-0.3, -0.25) is 0 Å². The zero-order valence-electron chi connectivity index (χ0n) is 9.51. The lowest BCUT2D eigenvalue weighted by Gasteiger charge is -2.11. The Bertz CT molecular complexity index is 512. The highest BCUT2D eigenvalue weighted by atomic mass is 19.1. The quantitative estimate of drug-likeness (QED) is 0.763. The van der Waals surface area contributed by atoms with Crippen molar-refractivity contribution in [1.29, 1.82) is 0 Å². The summed E-state index contributed by atoms with van der Waals surface area (Å²) in [5, 5.41) is 18.4. The average molecular weight is 250 g/mol. The van der Waals surface area contributed by atoms with Crippen LogP contribution >= 0.6 is 0 Å². The van der Waals surface area contributed by atoms with Crippen LogP contribution in [0.2, 0.25) is 0 Å². The van der Waals surface area contributed by atoms with Gasteiger partial charge in [-0.15, -0.1) is 10.2 Å². The smallest absolute Gasteiger partial charge is 0.319 e. The number of aromatic amines is 1. The lowest BCUT2D eigenvalue weighted by Crippen LogP contribution is -2.31. The highest BCUT2D eigenvalue weighted by molar-refractivity contribution is 5.89. The second-order valence-electron chi connectivity index (χ2n) is 3.60. The predicted molar refractivity (Wildman–Crippen MR) is 61.1 cm³/mol. The van der Waals surface area contributed by atoms with Crippen molar-refractivity contribution in [3.8, 4) is 0 Å². The van der Waals surface area contributed by atoms with E-state index >= 15 is 0 Å². The molecule has 94 valence electrons. The third-order valence-electron chi connectivity index (χ3n) is 2.20. The number of hydrogen-bond acceptors (Lipinski definition) is 4. The largest absolute Gasteiger partial charge is 0.328 e. The molecule has 1 aromatic carbocycles. The summed E-state index contributed by atoms with van der Waals surface area (Å²) in [5.74, 6) is 0.0189. The first-order valence-corrected chi connectivity index (χ1v) is 5.21. The van der Waals surface area contributed by atoms with Crippen LogP contribution in [-0.2, 0) is 0 Å². The Morgan fingerprint density at radius 2 is 2.11 bits per heavy atom. The third-order valence-corrected chi connectivity index (χ3v) is 2.20. The first-order valence-electron chi connectivity index (χ1n) is 5.21. The first kappa shape index (κ1) is 12.0. The molecule has 0 aliphatic carbocycles. The van der Waals surface area contributed by atoms with Crippen molar-refractivity contribution in [2.24, 2.45) is 0 Å². The minimum Gasteiger partial charge on any atom is -0.328 e. The molecule has 0 saturated heterocycles. The number of tetrazole rings is 1. The van der Waals surface area contributed by atoms with Crippen LogP contribution < -0.4 is 10.6 Å². The van der Waals surface area contributed by atoms with E-state index in [0.717, 1.165) is 0 Å². The molecule has 8 heteroatoms. The van der Waals surface area contributed by atoms with E-state index in [0.29, 0.717) is 11.5 Å². The van der Waals surface area contributed by atoms with Crippen molar-refractivity contribution in [3.05, 3.63) is 35.9 Å². The number of benzene rings is 1. The lowest BCUT2D eigenvalue weighted by atomic mass is 10.3. The molecule has 1 unspecified atom stereocenters. The van der Waals surface area contributed by atoms with Crippen LogP contribution in [-0.4, -0.2) is 26.7 Å². The van der Waals surface area contributed by atoms with E-state index in [9.17, 15) is 9.18 Å². The molecule has 3 N–H and O–H groups in total. The molecule has 0 saturated carbocycles. The van der Waals surface area contributed by atoms with E-state index in [1.54, 1.807) is 6.92 Å². The van der Waals surface area contributed by atoms with Gasteiger partial charge in [-0.05, 0) is 31.2 Å². The van der Waals surface area contributed by atoms with Gasteiger partial charge in [0.2, 0.25) is 0 Å². The minimum absolute atomic E-state index is 0.360. The fraction of sp³-hybridized carbons (Fsp3) is 0.200. The van der Waals surface area contributed by atoms with Crippen molar-refractivity contribution in [3.63, 3.8) is 0 Å². The monoisotopic (exact) mass is 250 g/mol. The van der Waals surface area contributed by atoms with Crippen molar-refractivity contribution in [2.45, 2.75) is 13.0 Å². The molecule has 1 atom stereocenters. The third kappa shape index (κ3) is 3.00. The zero-order valence-corrected chi connectivity index (χ0v) is 9.51. The second kappa shape index (κ2) is 5.21. The molecular formula is C10H11FN6O. The van der Waals surface area contributed by atoms with Gasteiger partial charge in [0.05, 0.1) is 6.04 Å². The first-order chi connectivity index (χ1) is 8.65. The maximum Gasteiger partial charge on any atom is 0.319 e. The van der Waals surface area contributed by atoms with Crippen LogP contribution in [0.15, 0.2) is 24.3 Å².